The Bertz CT molecular complexity index is 520. The number of halogens is 1. The van der Waals surface area contributed by atoms with Gasteiger partial charge >= 0.3 is 6.09 Å². The van der Waals surface area contributed by atoms with Crippen LogP contribution in [-0.4, -0.2) is 24.6 Å². The van der Waals surface area contributed by atoms with E-state index in [1.54, 1.807) is 19.1 Å². The predicted octanol–water partition coefficient (Wildman–Crippen LogP) is 3.29. The van der Waals surface area contributed by atoms with Gasteiger partial charge in [0, 0.05) is 5.02 Å². The quantitative estimate of drug-likeness (QED) is 0.843. The summed E-state index contributed by atoms with van der Waals surface area (Å²) in [4.78, 5) is 23.9. The Balaban J connectivity index is 2.72. The number of carbonyl (C=O) groups is 2. The van der Waals surface area contributed by atoms with Crippen molar-refractivity contribution in [3.63, 3.8) is 0 Å². The lowest BCUT2D eigenvalue weighted by Crippen LogP contribution is -2.50. The van der Waals surface area contributed by atoms with Crippen LogP contribution in [-0.2, 0) is 9.53 Å². The van der Waals surface area contributed by atoms with E-state index in [0.29, 0.717) is 5.02 Å². The Morgan fingerprint density at radius 2 is 1.91 bits per heavy atom. The first-order valence-electron chi connectivity index (χ1n) is 7.34. The highest BCUT2D eigenvalue weighted by Gasteiger charge is 2.26. The Hall–Kier alpha value is -1.75. The molecule has 0 aliphatic carbocycles. The average Bonchev–Trinajstić information content (AvgIpc) is 2.44. The van der Waals surface area contributed by atoms with E-state index in [4.69, 9.17) is 16.3 Å². The second-order valence-corrected chi connectivity index (χ2v) is 5.81. The molecule has 1 rings (SSSR count). The predicted molar refractivity (Wildman–Crippen MR) is 86.8 cm³/mol. The standard InChI is InChI=1S/C16H23ClN2O3/c1-5-22-16(21)19-14(10(2)3)15(20)18-11(4)12-7-6-8-13(17)9-12/h6-11,14H,5H2,1-4H3,(H,18,20)(H,19,21)/t11-,14+/m1/s1. The first kappa shape index (κ1) is 18.3. The molecule has 0 unspecified atom stereocenters. The SMILES string of the molecule is CCOC(=O)N[C@H](C(=O)N[C@H](C)c1cccc(Cl)c1)C(C)C. The minimum Gasteiger partial charge on any atom is -0.450 e. The number of nitrogens with one attached hydrogen (secondary N) is 2. The van der Waals surface area contributed by atoms with Gasteiger partial charge in [0.25, 0.3) is 0 Å². The van der Waals surface area contributed by atoms with E-state index >= 15 is 0 Å². The van der Waals surface area contributed by atoms with Crippen molar-refractivity contribution in [1.29, 1.82) is 0 Å². The van der Waals surface area contributed by atoms with Crippen LogP contribution in [0.4, 0.5) is 4.79 Å². The number of alkyl carbamates (subject to hydrolysis) is 1. The number of ether oxygens (including phenoxy) is 1. The maximum atomic E-state index is 12.4. The van der Waals surface area contributed by atoms with Crippen LogP contribution in [0.15, 0.2) is 24.3 Å². The highest BCUT2D eigenvalue weighted by atomic mass is 35.5. The van der Waals surface area contributed by atoms with Crippen LogP contribution < -0.4 is 10.6 Å². The van der Waals surface area contributed by atoms with Crippen LogP contribution in [0.5, 0.6) is 0 Å². The summed E-state index contributed by atoms with van der Waals surface area (Å²) in [5.41, 5.74) is 0.902. The fourth-order valence-corrected chi connectivity index (χ4v) is 2.20. The summed E-state index contributed by atoms with van der Waals surface area (Å²) in [6.07, 6.45) is -0.591. The molecule has 0 radical (unpaired) electrons. The van der Waals surface area contributed by atoms with Gasteiger partial charge in [-0.25, -0.2) is 4.79 Å². The lowest BCUT2D eigenvalue weighted by atomic mass is 10.0. The summed E-state index contributed by atoms with van der Waals surface area (Å²) in [7, 11) is 0. The number of rotatable bonds is 6. The number of hydrogen-bond donors (Lipinski definition) is 2. The third-order valence-electron chi connectivity index (χ3n) is 3.21. The molecule has 122 valence electrons. The Morgan fingerprint density at radius 1 is 1.23 bits per heavy atom. The van der Waals surface area contributed by atoms with E-state index in [1.165, 1.54) is 0 Å². The monoisotopic (exact) mass is 326 g/mol. The summed E-state index contributed by atoms with van der Waals surface area (Å²) in [6.45, 7) is 7.56. The molecular weight excluding hydrogens is 304 g/mol. The number of benzene rings is 1. The molecular formula is C16H23ClN2O3. The van der Waals surface area contributed by atoms with E-state index in [9.17, 15) is 9.59 Å². The summed E-state index contributed by atoms with van der Waals surface area (Å²) in [5, 5.41) is 6.09. The lowest BCUT2D eigenvalue weighted by molar-refractivity contribution is -0.124. The van der Waals surface area contributed by atoms with Crippen LogP contribution >= 0.6 is 11.6 Å². The van der Waals surface area contributed by atoms with Gasteiger partial charge in [-0.1, -0.05) is 37.6 Å². The van der Waals surface area contributed by atoms with Crippen LogP contribution in [0.3, 0.4) is 0 Å². The van der Waals surface area contributed by atoms with Crippen molar-refractivity contribution in [2.45, 2.75) is 39.8 Å². The van der Waals surface area contributed by atoms with Gasteiger partial charge in [-0.2, -0.15) is 0 Å². The van der Waals surface area contributed by atoms with Gasteiger partial charge in [0.05, 0.1) is 12.6 Å². The molecule has 0 aliphatic rings. The molecule has 22 heavy (non-hydrogen) atoms. The molecule has 0 saturated carbocycles. The Labute approximate surface area is 136 Å². The van der Waals surface area contributed by atoms with Crippen molar-refractivity contribution in [2.24, 2.45) is 5.92 Å². The minimum atomic E-state index is -0.652. The maximum Gasteiger partial charge on any atom is 0.407 e. The summed E-state index contributed by atoms with van der Waals surface area (Å²) in [5.74, 6) is -0.313. The smallest absolute Gasteiger partial charge is 0.407 e. The highest BCUT2D eigenvalue weighted by Crippen LogP contribution is 2.17. The van der Waals surface area contributed by atoms with Crippen LogP contribution in [0, 0.1) is 5.92 Å². The maximum absolute atomic E-state index is 12.4. The van der Waals surface area contributed by atoms with E-state index < -0.39 is 12.1 Å². The third-order valence-corrected chi connectivity index (χ3v) is 3.44. The molecule has 0 aliphatic heterocycles. The van der Waals surface area contributed by atoms with Crippen LogP contribution in [0.2, 0.25) is 5.02 Å². The van der Waals surface area contributed by atoms with Gasteiger partial charge in [0.1, 0.15) is 6.04 Å². The molecule has 0 bridgehead atoms. The number of carbonyl (C=O) groups excluding carboxylic acids is 2. The molecule has 2 atom stereocenters. The second-order valence-electron chi connectivity index (χ2n) is 5.37. The first-order chi connectivity index (χ1) is 10.3. The number of hydrogen-bond acceptors (Lipinski definition) is 3. The van der Waals surface area contributed by atoms with Gasteiger partial charge in [-0.15, -0.1) is 0 Å². The molecule has 1 aromatic rings. The van der Waals surface area contributed by atoms with Gasteiger partial charge < -0.3 is 15.4 Å². The molecule has 0 aromatic heterocycles. The minimum absolute atomic E-state index is 0.0593. The molecule has 0 fully saturated rings. The molecule has 0 spiro atoms. The van der Waals surface area contributed by atoms with Gasteiger partial charge in [0.15, 0.2) is 0 Å². The topological polar surface area (TPSA) is 67.4 Å². The zero-order chi connectivity index (χ0) is 16.7. The molecule has 0 heterocycles. The van der Waals surface area contributed by atoms with Gasteiger partial charge in [-0.05, 0) is 37.5 Å². The number of amides is 2. The van der Waals surface area contributed by atoms with E-state index in [1.807, 2.05) is 32.9 Å². The molecule has 6 heteroatoms. The van der Waals surface area contributed by atoms with Crippen molar-refractivity contribution < 1.29 is 14.3 Å². The zero-order valence-corrected chi connectivity index (χ0v) is 14.1. The lowest BCUT2D eigenvalue weighted by Gasteiger charge is -2.24. The van der Waals surface area contributed by atoms with Crippen molar-refractivity contribution in [3.8, 4) is 0 Å². The molecule has 1 aromatic carbocycles. The van der Waals surface area contributed by atoms with Crippen LogP contribution in [0.1, 0.15) is 39.3 Å². The molecule has 0 saturated heterocycles. The largest absolute Gasteiger partial charge is 0.450 e. The van der Waals surface area contributed by atoms with Gasteiger partial charge in [0.2, 0.25) is 5.91 Å². The summed E-state index contributed by atoms with van der Waals surface area (Å²) >= 11 is 5.96. The fourth-order valence-electron chi connectivity index (χ4n) is 2.00. The van der Waals surface area contributed by atoms with Crippen molar-refractivity contribution in [1.82, 2.24) is 10.6 Å². The average molecular weight is 327 g/mol. The van der Waals surface area contributed by atoms with Crippen molar-refractivity contribution in [2.75, 3.05) is 6.61 Å². The highest BCUT2D eigenvalue weighted by molar-refractivity contribution is 6.30. The van der Waals surface area contributed by atoms with Crippen molar-refractivity contribution >= 4 is 23.6 Å². The third kappa shape index (κ3) is 5.56. The normalized spacial score (nSPS) is 13.4. The zero-order valence-electron chi connectivity index (χ0n) is 13.4. The Morgan fingerprint density at radius 3 is 2.45 bits per heavy atom. The summed E-state index contributed by atoms with van der Waals surface area (Å²) in [6, 6.07) is 6.43. The molecule has 5 nitrogen and oxygen atoms in total. The fraction of sp³-hybridized carbons (Fsp3) is 0.500. The molecule has 2 amide bonds. The Kier molecular flexibility index (Phi) is 7.18. The molecule has 2 N–H and O–H groups in total. The second kappa shape index (κ2) is 8.63. The van der Waals surface area contributed by atoms with Gasteiger partial charge in [-0.3, -0.25) is 4.79 Å². The first-order valence-corrected chi connectivity index (χ1v) is 7.72. The van der Waals surface area contributed by atoms with Crippen LogP contribution in [0.25, 0.3) is 0 Å². The van der Waals surface area contributed by atoms with Crippen molar-refractivity contribution in [3.05, 3.63) is 34.9 Å². The van der Waals surface area contributed by atoms with E-state index in [0.717, 1.165) is 5.56 Å². The summed E-state index contributed by atoms with van der Waals surface area (Å²) < 4.78 is 4.83. The van der Waals surface area contributed by atoms with E-state index in [2.05, 4.69) is 10.6 Å². The van der Waals surface area contributed by atoms with E-state index in [-0.39, 0.29) is 24.5 Å².